The number of hydrogen-bond acceptors (Lipinski definition) is 2. The van der Waals surface area contributed by atoms with E-state index in [-0.39, 0.29) is 5.12 Å². The number of rotatable bonds is 2. The molecular formula is C13H13ClOS. The van der Waals surface area contributed by atoms with Gasteiger partial charge in [-0.3, -0.25) is 4.79 Å². The summed E-state index contributed by atoms with van der Waals surface area (Å²) in [5.74, 6) is 6.78. The second-order valence-corrected chi connectivity index (χ2v) is 5.05. The van der Waals surface area contributed by atoms with Gasteiger partial charge in [-0.25, -0.2) is 0 Å². The molecule has 0 unspecified atom stereocenters. The van der Waals surface area contributed by atoms with Gasteiger partial charge in [0.1, 0.15) is 0 Å². The second kappa shape index (κ2) is 6.62. The summed E-state index contributed by atoms with van der Waals surface area (Å²) in [5, 5.41) is 0.813. The maximum Gasteiger partial charge on any atom is 0.185 e. The molecule has 0 aliphatic carbocycles. The van der Waals surface area contributed by atoms with Gasteiger partial charge < -0.3 is 0 Å². The van der Waals surface area contributed by atoms with Gasteiger partial charge in [0.2, 0.25) is 0 Å². The third-order valence-electron chi connectivity index (χ3n) is 1.88. The molecule has 0 saturated carbocycles. The van der Waals surface area contributed by atoms with Crippen molar-refractivity contribution in [2.45, 2.75) is 20.3 Å². The molecule has 0 spiro atoms. The lowest BCUT2D eigenvalue weighted by atomic mass is 10.1. The van der Waals surface area contributed by atoms with Crippen LogP contribution in [0.4, 0.5) is 0 Å². The van der Waals surface area contributed by atoms with Gasteiger partial charge in [0.05, 0.1) is 5.02 Å². The van der Waals surface area contributed by atoms with E-state index in [0.29, 0.717) is 11.4 Å². The van der Waals surface area contributed by atoms with Crippen molar-refractivity contribution in [1.29, 1.82) is 0 Å². The molecule has 84 valence electrons. The van der Waals surface area contributed by atoms with Gasteiger partial charge in [0.15, 0.2) is 5.12 Å². The molecule has 0 aliphatic rings. The highest BCUT2D eigenvalue weighted by Crippen LogP contribution is 2.16. The summed E-state index contributed by atoms with van der Waals surface area (Å²) < 4.78 is 0. The summed E-state index contributed by atoms with van der Waals surface area (Å²) in [6, 6.07) is 5.78. The zero-order chi connectivity index (χ0) is 12.0. The Morgan fingerprint density at radius 2 is 2.25 bits per heavy atom. The molecular weight excluding hydrogens is 240 g/mol. The standard InChI is InChI=1S/C13H13ClOS/c1-10-6-7-13(14)12(9-10)5-3-4-8-16-11(2)15/h6-7,9H,4,8H2,1-2H3. The molecule has 0 fully saturated rings. The zero-order valence-corrected chi connectivity index (χ0v) is 10.9. The van der Waals surface area contributed by atoms with Gasteiger partial charge in [-0.05, 0) is 24.6 Å². The number of hydrogen-bond donors (Lipinski definition) is 0. The van der Waals surface area contributed by atoms with Crippen molar-refractivity contribution in [1.82, 2.24) is 0 Å². The Morgan fingerprint density at radius 1 is 1.50 bits per heavy atom. The van der Waals surface area contributed by atoms with Gasteiger partial charge in [-0.2, -0.15) is 0 Å². The third kappa shape index (κ3) is 4.74. The summed E-state index contributed by atoms with van der Waals surface area (Å²) in [6.07, 6.45) is 0.703. The van der Waals surface area contributed by atoms with Gasteiger partial charge >= 0.3 is 0 Å². The van der Waals surface area contributed by atoms with Crippen LogP contribution in [-0.2, 0) is 4.79 Å². The summed E-state index contributed by atoms with van der Waals surface area (Å²) >= 11 is 7.30. The quantitative estimate of drug-likeness (QED) is 0.590. The van der Waals surface area contributed by atoms with Crippen LogP contribution in [0.2, 0.25) is 5.02 Å². The molecule has 0 radical (unpaired) electrons. The first-order valence-electron chi connectivity index (χ1n) is 4.98. The lowest BCUT2D eigenvalue weighted by Crippen LogP contribution is -1.84. The first-order valence-corrected chi connectivity index (χ1v) is 6.34. The van der Waals surface area contributed by atoms with Crippen molar-refractivity contribution < 1.29 is 4.79 Å². The van der Waals surface area contributed by atoms with E-state index in [9.17, 15) is 4.79 Å². The van der Waals surface area contributed by atoms with Crippen LogP contribution in [0.1, 0.15) is 24.5 Å². The molecule has 16 heavy (non-hydrogen) atoms. The highest BCUT2D eigenvalue weighted by Gasteiger charge is 1.96. The zero-order valence-electron chi connectivity index (χ0n) is 9.34. The van der Waals surface area contributed by atoms with E-state index in [1.165, 1.54) is 11.8 Å². The minimum atomic E-state index is 0.135. The molecule has 0 aromatic heterocycles. The van der Waals surface area contributed by atoms with Crippen molar-refractivity contribution in [2.75, 3.05) is 5.75 Å². The van der Waals surface area contributed by atoms with Crippen LogP contribution in [0.5, 0.6) is 0 Å². The highest BCUT2D eigenvalue weighted by atomic mass is 35.5. The second-order valence-electron chi connectivity index (χ2n) is 3.38. The van der Waals surface area contributed by atoms with Gasteiger partial charge in [-0.1, -0.05) is 41.3 Å². The maximum absolute atomic E-state index is 10.7. The number of aryl methyl sites for hydroxylation is 1. The molecule has 0 aliphatic heterocycles. The van der Waals surface area contributed by atoms with Crippen molar-refractivity contribution in [3.63, 3.8) is 0 Å². The van der Waals surface area contributed by atoms with E-state index in [0.717, 1.165) is 16.9 Å². The molecule has 0 heterocycles. The Labute approximate surface area is 106 Å². The summed E-state index contributed by atoms with van der Waals surface area (Å²) in [6.45, 7) is 3.57. The molecule has 1 nitrogen and oxygen atoms in total. The molecule has 1 aromatic rings. The number of thioether (sulfide) groups is 1. The number of benzene rings is 1. The normalized spacial score (nSPS) is 9.44. The Hall–Kier alpha value is -0.910. The van der Waals surface area contributed by atoms with Gasteiger partial charge in [0.25, 0.3) is 0 Å². The number of halogens is 1. The van der Waals surface area contributed by atoms with Crippen LogP contribution in [0, 0.1) is 18.8 Å². The summed E-state index contributed by atoms with van der Waals surface area (Å²) in [7, 11) is 0. The average Bonchev–Trinajstić information content (AvgIpc) is 2.22. The minimum absolute atomic E-state index is 0.135. The van der Waals surface area contributed by atoms with Gasteiger partial charge in [-0.15, -0.1) is 0 Å². The van der Waals surface area contributed by atoms with Crippen molar-refractivity contribution >= 4 is 28.5 Å². The van der Waals surface area contributed by atoms with Crippen molar-refractivity contribution in [2.24, 2.45) is 0 Å². The third-order valence-corrected chi connectivity index (χ3v) is 3.02. The van der Waals surface area contributed by atoms with E-state index < -0.39 is 0 Å². The predicted molar refractivity (Wildman–Crippen MR) is 70.8 cm³/mol. The number of carbonyl (C=O) groups is 1. The molecule has 1 aromatic carbocycles. The minimum Gasteiger partial charge on any atom is -0.288 e. The molecule has 0 atom stereocenters. The maximum atomic E-state index is 10.7. The van der Waals surface area contributed by atoms with Crippen LogP contribution in [-0.4, -0.2) is 10.9 Å². The topological polar surface area (TPSA) is 17.1 Å². The molecule has 0 saturated heterocycles. The van der Waals surface area contributed by atoms with Crippen LogP contribution < -0.4 is 0 Å². The summed E-state index contributed by atoms with van der Waals surface area (Å²) in [5.41, 5.74) is 2.00. The van der Waals surface area contributed by atoms with Gasteiger partial charge in [0, 0.05) is 24.7 Å². The van der Waals surface area contributed by atoms with Crippen LogP contribution in [0.3, 0.4) is 0 Å². The first-order chi connectivity index (χ1) is 7.59. The van der Waals surface area contributed by atoms with E-state index in [1.54, 1.807) is 6.92 Å². The Morgan fingerprint density at radius 3 is 2.94 bits per heavy atom. The molecule has 0 bridgehead atoms. The Balaban J connectivity index is 2.56. The highest BCUT2D eigenvalue weighted by molar-refractivity contribution is 8.13. The smallest absolute Gasteiger partial charge is 0.185 e. The lowest BCUT2D eigenvalue weighted by molar-refractivity contribution is -0.109. The van der Waals surface area contributed by atoms with Crippen molar-refractivity contribution in [3.05, 3.63) is 34.3 Å². The van der Waals surface area contributed by atoms with Crippen LogP contribution in [0.15, 0.2) is 18.2 Å². The molecule has 3 heteroatoms. The average molecular weight is 253 g/mol. The van der Waals surface area contributed by atoms with Crippen LogP contribution in [0.25, 0.3) is 0 Å². The SMILES string of the molecule is CC(=O)SCCC#Cc1cc(C)ccc1Cl. The number of carbonyl (C=O) groups excluding carboxylic acids is 1. The fourth-order valence-corrected chi connectivity index (χ4v) is 1.79. The molecule has 0 amide bonds. The lowest BCUT2D eigenvalue weighted by Gasteiger charge is -1.97. The van der Waals surface area contributed by atoms with E-state index >= 15 is 0 Å². The molecule has 0 N–H and O–H groups in total. The summed E-state index contributed by atoms with van der Waals surface area (Å²) in [4.78, 5) is 10.7. The predicted octanol–water partition coefficient (Wildman–Crippen LogP) is 3.67. The fraction of sp³-hybridized carbons (Fsp3) is 0.308. The van der Waals surface area contributed by atoms with E-state index in [4.69, 9.17) is 11.6 Å². The first kappa shape index (κ1) is 13.2. The largest absolute Gasteiger partial charge is 0.288 e. The fourth-order valence-electron chi connectivity index (χ4n) is 1.14. The Kier molecular flexibility index (Phi) is 5.45. The molecule has 1 rings (SSSR count). The monoisotopic (exact) mass is 252 g/mol. The Bertz CT molecular complexity index is 443. The van der Waals surface area contributed by atoms with Crippen molar-refractivity contribution in [3.8, 4) is 11.8 Å². The van der Waals surface area contributed by atoms with E-state index in [1.807, 2.05) is 25.1 Å². The van der Waals surface area contributed by atoms with E-state index in [2.05, 4.69) is 11.8 Å². The van der Waals surface area contributed by atoms with Crippen LogP contribution >= 0.6 is 23.4 Å².